The third-order valence-electron chi connectivity index (χ3n) is 2.87. The fourth-order valence-corrected chi connectivity index (χ4v) is 3.17. The lowest BCUT2D eigenvalue weighted by atomic mass is 10.0. The zero-order valence-electron chi connectivity index (χ0n) is 9.38. The Bertz CT molecular complexity index is 690. The first-order valence-electron chi connectivity index (χ1n) is 5.52. The van der Waals surface area contributed by atoms with Crippen molar-refractivity contribution in [1.29, 1.82) is 0 Å². The van der Waals surface area contributed by atoms with Gasteiger partial charge in [0.05, 0.1) is 15.4 Å². The van der Waals surface area contributed by atoms with Crippen LogP contribution in [-0.4, -0.2) is 10.1 Å². The summed E-state index contributed by atoms with van der Waals surface area (Å²) in [5.41, 5.74) is 1.71. The summed E-state index contributed by atoms with van der Waals surface area (Å²) in [5, 5.41) is 13.9. The van der Waals surface area contributed by atoms with Crippen LogP contribution in [0.25, 0.3) is 10.9 Å². The van der Waals surface area contributed by atoms with Crippen LogP contribution in [0.2, 0.25) is 5.02 Å². The summed E-state index contributed by atoms with van der Waals surface area (Å²) >= 11 is 7.53. The number of pyridine rings is 1. The normalized spacial score (nSPS) is 12.8. The average molecular weight is 276 g/mol. The summed E-state index contributed by atoms with van der Waals surface area (Å²) in [4.78, 5) is 5.06. The number of nitrogens with zero attached hydrogens (tertiary/aromatic N) is 1. The summed E-state index contributed by atoms with van der Waals surface area (Å²) in [6, 6.07) is 11.4. The Labute approximate surface area is 113 Å². The number of aromatic nitrogens is 1. The van der Waals surface area contributed by atoms with Crippen molar-refractivity contribution in [1.82, 2.24) is 4.98 Å². The van der Waals surface area contributed by atoms with Crippen molar-refractivity contribution in [2.75, 3.05) is 0 Å². The van der Waals surface area contributed by atoms with Gasteiger partial charge in [-0.05, 0) is 29.1 Å². The standard InChI is InChI=1S/C14H10ClNOS/c15-11-6-8-18-14(11)13(17)10-3-1-5-12-9(10)4-2-7-16-12/h1-8,13,17H. The van der Waals surface area contributed by atoms with E-state index in [0.29, 0.717) is 5.02 Å². The van der Waals surface area contributed by atoms with Crippen LogP contribution in [0.4, 0.5) is 0 Å². The molecule has 2 aromatic heterocycles. The van der Waals surface area contributed by atoms with E-state index in [0.717, 1.165) is 21.3 Å². The molecular formula is C14H10ClNOS. The minimum atomic E-state index is -0.703. The molecule has 0 spiro atoms. The molecule has 1 unspecified atom stereocenters. The molecule has 0 aliphatic rings. The van der Waals surface area contributed by atoms with E-state index in [-0.39, 0.29) is 0 Å². The molecule has 3 rings (SSSR count). The van der Waals surface area contributed by atoms with Crippen molar-refractivity contribution in [2.24, 2.45) is 0 Å². The van der Waals surface area contributed by atoms with E-state index in [4.69, 9.17) is 11.6 Å². The van der Waals surface area contributed by atoms with Gasteiger partial charge in [0.25, 0.3) is 0 Å². The minimum Gasteiger partial charge on any atom is -0.383 e. The van der Waals surface area contributed by atoms with Gasteiger partial charge in [0.2, 0.25) is 0 Å². The maximum atomic E-state index is 10.5. The summed E-state index contributed by atoms with van der Waals surface area (Å²) in [6.07, 6.45) is 1.04. The van der Waals surface area contributed by atoms with Crippen molar-refractivity contribution in [3.05, 3.63) is 63.4 Å². The number of hydrogen-bond acceptors (Lipinski definition) is 3. The van der Waals surface area contributed by atoms with Crippen molar-refractivity contribution < 1.29 is 5.11 Å². The second-order valence-electron chi connectivity index (χ2n) is 3.95. The fraction of sp³-hybridized carbons (Fsp3) is 0.0714. The largest absolute Gasteiger partial charge is 0.383 e. The van der Waals surface area contributed by atoms with E-state index in [1.54, 1.807) is 12.3 Å². The van der Waals surface area contributed by atoms with E-state index < -0.39 is 6.10 Å². The molecule has 0 amide bonds. The molecule has 0 bridgehead atoms. The van der Waals surface area contributed by atoms with Crippen LogP contribution < -0.4 is 0 Å². The minimum absolute atomic E-state index is 0.605. The summed E-state index contributed by atoms with van der Waals surface area (Å²) < 4.78 is 0. The first kappa shape index (κ1) is 11.7. The van der Waals surface area contributed by atoms with Gasteiger partial charge in [-0.1, -0.05) is 29.8 Å². The van der Waals surface area contributed by atoms with Crippen molar-refractivity contribution in [2.45, 2.75) is 6.10 Å². The van der Waals surface area contributed by atoms with E-state index in [9.17, 15) is 5.11 Å². The smallest absolute Gasteiger partial charge is 0.115 e. The third-order valence-corrected chi connectivity index (χ3v) is 4.28. The summed E-state index contributed by atoms with van der Waals surface area (Å²) in [7, 11) is 0. The Morgan fingerprint density at radius 3 is 2.83 bits per heavy atom. The fourth-order valence-electron chi connectivity index (χ4n) is 2.01. The number of rotatable bonds is 2. The van der Waals surface area contributed by atoms with Crippen LogP contribution in [0.1, 0.15) is 16.5 Å². The van der Waals surface area contributed by atoms with Crippen LogP contribution in [-0.2, 0) is 0 Å². The van der Waals surface area contributed by atoms with Crippen molar-refractivity contribution in [3.63, 3.8) is 0 Å². The second kappa shape index (κ2) is 4.69. The molecule has 2 heterocycles. The molecule has 90 valence electrons. The molecule has 0 aliphatic carbocycles. The maximum absolute atomic E-state index is 10.5. The Morgan fingerprint density at radius 1 is 1.17 bits per heavy atom. The number of halogens is 1. The van der Waals surface area contributed by atoms with Gasteiger partial charge in [-0.15, -0.1) is 11.3 Å². The van der Waals surface area contributed by atoms with Crippen molar-refractivity contribution in [3.8, 4) is 0 Å². The predicted molar refractivity (Wildman–Crippen MR) is 75.1 cm³/mol. The molecule has 1 atom stereocenters. The Balaban J connectivity index is 2.18. The lowest BCUT2D eigenvalue weighted by Gasteiger charge is -2.12. The molecule has 18 heavy (non-hydrogen) atoms. The highest BCUT2D eigenvalue weighted by Crippen LogP contribution is 2.35. The molecule has 0 saturated heterocycles. The molecule has 0 aliphatic heterocycles. The van der Waals surface area contributed by atoms with Gasteiger partial charge in [0, 0.05) is 11.6 Å². The van der Waals surface area contributed by atoms with E-state index in [2.05, 4.69) is 4.98 Å². The Kier molecular flexibility index (Phi) is 3.04. The monoisotopic (exact) mass is 275 g/mol. The molecular weight excluding hydrogens is 266 g/mol. The van der Waals surface area contributed by atoms with Crippen LogP contribution in [0.5, 0.6) is 0 Å². The first-order chi connectivity index (χ1) is 8.77. The van der Waals surface area contributed by atoms with Crippen molar-refractivity contribution >= 4 is 33.8 Å². The second-order valence-corrected chi connectivity index (χ2v) is 5.31. The molecule has 1 aromatic carbocycles. The van der Waals surface area contributed by atoms with E-state index in [1.807, 2.05) is 35.7 Å². The van der Waals surface area contributed by atoms with Gasteiger partial charge in [0.15, 0.2) is 0 Å². The number of aliphatic hydroxyl groups is 1. The average Bonchev–Trinajstić information content (AvgIpc) is 2.83. The highest BCUT2D eigenvalue weighted by molar-refractivity contribution is 7.10. The van der Waals surface area contributed by atoms with Crippen LogP contribution in [0.3, 0.4) is 0 Å². The molecule has 3 aromatic rings. The molecule has 1 N–H and O–H groups in total. The van der Waals surface area contributed by atoms with Crippen LogP contribution >= 0.6 is 22.9 Å². The highest BCUT2D eigenvalue weighted by Gasteiger charge is 2.17. The quantitative estimate of drug-likeness (QED) is 0.766. The number of hydrogen-bond donors (Lipinski definition) is 1. The number of benzene rings is 1. The van der Waals surface area contributed by atoms with Gasteiger partial charge in [0.1, 0.15) is 6.10 Å². The first-order valence-corrected chi connectivity index (χ1v) is 6.78. The highest BCUT2D eigenvalue weighted by atomic mass is 35.5. The van der Waals surface area contributed by atoms with Gasteiger partial charge in [-0.2, -0.15) is 0 Å². The van der Waals surface area contributed by atoms with Gasteiger partial charge in [-0.25, -0.2) is 0 Å². The third kappa shape index (κ3) is 1.90. The van der Waals surface area contributed by atoms with Gasteiger partial charge in [-0.3, -0.25) is 4.98 Å². The number of thiophene rings is 1. The molecule has 4 heteroatoms. The zero-order chi connectivity index (χ0) is 12.5. The maximum Gasteiger partial charge on any atom is 0.115 e. The van der Waals surface area contributed by atoms with Crippen LogP contribution in [0, 0.1) is 0 Å². The van der Waals surface area contributed by atoms with Crippen LogP contribution in [0.15, 0.2) is 48.0 Å². The molecule has 0 fully saturated rings. The topological polar surface area (TPSA) is 33.1 Å². The van der Waals surface area contributed by atoms with E-state index >= 15 is 0 Å². The Hall–Kier alpha value is -1.42. The SMILES string of the molecule is OC(c1sccc1Cl)c1cccc2ncccc12. The molecule has 0 saturated carbocycles. The summed E-state index contributed by atoms with van der Waals surface area (Å²) in [6.45, 7) is 0. The lowest BCUT2D eigenvalue weighted by Crippen LogP contribution is -1.99. The predicted octanol–water partition coefficient (Wildman–Crippen LogP) is 4.03. The van der Waals surface area contributed by atoms with E-state index in [1.165, 1.54) is 11.3 Å². The number of aliphatic hydroxyl groups excluding tert-OH is 1. The molecule has 0 radical (unpaired) electrons. The number of fused-ring (bicyclic) bond motifs is 1. The summed E-state index contributed by atoms with van der Waals surface area (Å²) in [5.74, 6) is 0. The van der Waals surface area contributed by atoms with Gasteiger partial charge >= 0.3 is 0 Å². The molecule has 2 nitrogen and oxygen atoms in total. The Morgan fingerprint density at radius 2 is 2.06 bits per heavy atom. The lowest BCUT2D eigenvalue weighted by molar-refractivity contribution is 0.226. The zero-order valence-corrected chi connectivity index (χ0v) is 10.9. The van der Waals surface area contributed by atoms with Gasteiger partial charge < -0.3 is 5.11 Å².